The molecule has 1 saturated heterocycles. The van der Waals surface area contributed by atoms with E-state index in [-0.39, 0.29) is 10.8 Å². The third kappa shape index (κ3) is 3.76. The molecule has 0 radical (unpaired) electrons. The molecule has 0 atom stereocenters. The zero-order valence-electron chi connectivity index (χ0n) is 21.6. The molecule has 0 unspecified atom stereocenters. The topological polar surface area (TPSA) is 6.25 Å². The summed E-state index contributed by atoms with van der Waals surface area (Å²) in [6.07, 6.45) is 4.87. The minimum atomic E-state index is 0.279. The molecule has 2 aliphatic heterocycles. The third-order valence-corrected chi connectivity index (χ3v) is 8.46. The molecule has 0 bridgehead atoms. The molecule has 30 heavy (non-hydrogen) atoms. The summed E-state index contributed by atoms with van der Waals surface area (Å²) in [7, 11) is 4.53. The van der Waals surface area contributed by atoms with Gasteiger partial charge in [0.2, 0.25) is 0 Å². The molecule has 0 aromatic heterocycles. The number of hydrogen-bond donors (Lipinski definition) is 0. The van der Waals surface area contributed by atoms with Gasteiger partial charge in [-0.15, -0.1) is 0 Å². The Morgan fingerprint density at radius 1 is 0.867 bits per heavy atom. The van der Waals surface area contributed by atoms with Gasteiger partial charge in [0.15, 0.2) is 5.71 Å². The van der Waals surface area contributed by atoms with Crippen LogP contribution in [-0.4, -0.2) is 42.4 Å². The Hall–Kier alpha value is -1.57. The van der Waals surface area contributed by atoms with E-state index in [1.54, 1.807) is 22.6 Å². The van der Waals surface area contributed by atoms with E-state index in [1.807, 2.05) is 0 Å². The van der Waals surface area contributed by atoms with Crippen LogP contribution in [0.4, 0.5) is 0 Å². The van der Waals surface area contributed by atoms with Gasteiger partial charge in [-0.3, -0.25) is 0 Å². The molecular weight excluding hydrogens is 364 g/mol. The molecule has 1 aliphatic carbocycles. The minimum absolute atomic E-state index is 0.279. The highest BCUT2D eigenvalue weighted by Crippen LogP contribution is 2.45. The Morgan fingerprint density at radius 3 is 2.00 bits per heavy atom. The van der Waals surface area contributed by atoms with Crippen molar-refractivity contribution < 1.29 is 4.58 Å². The van der Waals surface area contributed by atoms with Crippen molar-refractivity contribution in [3.8, 4) is 0 Å². The fourth-order valence-electron chi connectivity index (χ4n) is 6.53. The van der Waals surface area contributed by atoms with Crippen LogP contribution in [0.2, 0.25) is 0 Å². The second-order valence-corrected chi connectivity index (χ2v) is 11.4. The molecule has 166 valence electrons. The van der Waals surface area contributed by atoms with Gasteiger partial charge in [-0.1, -0.05) is 13.8 Å². The molecular formula is C28H45N2+. The van der Waals surface area contributed by atoms with Gasteiger partial charge in [-0.05, 0) is 101 Å². The van der Waals surface area contributed by atoms with Crippen molar-refractivity contribution in [1.29, 1.82) is 0 Å². The van der Waals surface area contributed by atoms with Crippen molar-refractivity contribution in [3.63, 3.8) is 0 Å². The first-order chi connectivity index (χ1) is 13.8. The van der Waals surface area contributed by atoms with Crippen LogP contribution in [0, 0.1) is 10.8 Å². The van der Waals surface area contributed by atoms with Crippen LogP contribution in [0.1, 0.15) is 88.0 Å². The lowest BCUT2D eigenvalue weighted by atomic mass is 9.80. The van der Waals surface area contributed by atoms with Crippen LogP contribution in [-0.2, 0) is 0 Å². The van der Waals surface area contributed by atoms with Gasteiger partial charge in [0, 0.05) is 36.7 Å². The van der Waals surface area contributed by atoms with Crippen molar-refractivity contribution in [2.75, 3.05) is 27.2 Å². The van der Waals surface area contributed by atoms with E-state index < -0.39 is 0 Å². The lowest BCUT2D eigenvalue weighted by molar-refractivity contribution is -0.488. The van der Waals surface area contributed by atoms with Gasteiger partial charge >= 0.3 is 0 Å². The smallest absolute Gasteiger partial charge is 0.184 e. The van der Waals surface area contributed by atoms with Crippen molar-refractivity contribution in [2.24, 2.45) is 10.8 Å². The zero-order chi connectivity index (χ0) is 22.6. The molecule has 3 rings (SSSR count). The Kier molecular flexibility index (Phi) is 6.04. The van der Waals surface area contributed by atoms with Crippen LogP contribution in [0.5, 0.6) is 0 Å². The lowest BCUT2D eigenvalue weighted by Gasteiger charge is -2.27. The molecule has 2 heterocycles. The Balaban J connectivity index is 2.07. The first-order valence-corrected chi connectivity index (χ1v) is 11.9. The molecule has 0 spiro atoms. The second kappa shape index (κ2) is 7.84. The number of allylic oxidation sites excluding steroid dienone is 8. The molecule has 0 saturated carbocycles. The van der Waals surface area contributed by atoms with E-state index in [4.69, 9.17) is 0 Å². The number of likely N-dealkylation sites (tertiary alicyclic amines) is 1. The molecule has 0 amide bonds. The highest BCUT2D eigenvalue weighted by molar-refractivity contribution is 6.01. The first kappa shape index (κ1) is 23.1. The minimum Gasteiger partial charge on any atom is -0.377 e. The molecule has 0 aromatic rings. The third-order valence-electron chi connectivity index (χ3n) is 8.46. The molecule has 0 N–H and O–H groups in total. The van der Waals surface area contributed by atoms with Gasteiger partial charge in [-0.25, -0.2) is 4.58 Å². The van der Waals surface area contributed by atoms with E-state index in [0.29, 0.717) is 0 Å². The predicted octanol–water partition coefficient (Wildman–Crippen LogP) is 6.90. The highest BCUT2D eigenvalue weighted by atomic mass is 15.1. The van der Waals surface area contributed by atoms with E-state index >= 15 is 0 Å². The highest BCUT2D eigenvalue weighted by Gasteiger charge is 2.40. The molecule has 2 nitrogen and oxygen atoms in total. The summed E-state index contributed by atoms with van der Waals surface area (Å²) in [5.41, 5.74) is 14.4. The standard InChI is InChI=1S/C28H45N2/c1-18(20(3)25-27(6,7)14-16-29(25)10)23-12-13-24(22(23)5)19(2)21(4)26-28(8,9)15-17-30(26)11/h12-17H2,1-11H3/q+1. The summed E-state index contributed by atoms with van der Waals surface area (Å²) in [6.45, 7) is 23.8. The van der Waals surface area contributed by atoms with Crippen LogP contribution in [0.25, 0.3) is 0 Å². The fraction of sp³-hybridized carbons (Fsp3) is 0.679. The second-order valence-electron chi connectivity index (χ2n) is 11.4. The van der Waals surface area contributed by atoms with Gasteiger partial charge in [-0.2, -0.15) is 0 Å². The van der Waals surface area contributed by atoms with Crippen molar-refractivity contribution in [2.45, 2.75) is 88.0 Å². The maximum absolute atomic E-state index is 2.48. The van der Waals surface area contributed by atoms with Crippen LogP contribution in [0.15, 0.2) is 44.7 Å². The van der Waals surface area contributed by atoms with E-state index in [0.717, 1.165) is 0 Å². The number of rotatable bonds is 3. The van der Waals surface area contributed by atoms with E-state index in [2.05, 4.69) is 85.9 Å². The largest absolute Gasteiger partial charge is 0.377 e. The van der Waals surface area contributed by atoms with Gasteiger partial charge < -0.3 is 4.90 Å². The monoisotopic (exact) mass is 409 g/mol. The summed E-state index contributed by atoms with van der Waals surface area (Å²) in [5.74, 6) is 0. The SMILES string of the molecule is CC1=C(C(/C)=C(/C)C2=[N+](C)CCC2(C)C)CC/C1=C(C)\C(C)=C1/N(C)CCC1(C)C. The van der Waals surface area contributed by atoms with Crippen LogP contribution < -0.4 is 0 Å². The van der Waals surface area contributed by atoms with Gasteiger partial charge in [0.25, 0.3) is 0 Å². The Morgan fingerprint density at radius 2 is 1.50 bits per heavy atom. The number of nitrogens with zero attached hydrogens (tertiary/aromatic N) is 2. The van der Waals surface area contributed by atoms with Crippen LogP contribution in [0.3, 0.4) is 0 Å². The summed E-state index contributed by atoms with van der Waals surface area (Å²) < 4.78 is 2.48. The van der Waals surface area contributed by atoms with Crippen LogP contribution >= 0.6 is 0 Å². The maximum Gasteiger partial charge on any atom is 0.184 e. The van der Waals surface area contributed by atoms with Crippen molar-refractivity contribution in [3.05, 3.63) is 44.7 Å². The average Bonchev–Trinajstić information content (AvgIpc) is 3.25. The average molecular weight is 410 g/mol. The molecule has 3 aliphatic rings. The normalized spacial score (nSPS) is 27.9. The summed E-state index contributed by atoms with van der Waals surface area (Å²) in [4.78, 5) is 2.48. The summed E-state index contributed by atoms with van der Waals surface area (Å²) in [6, 6.07) is 0. The summed E-state index contributed by atoms with van der Waals surface area (Å²) in [5, 5.41) is 0. The van der Waals surface area contributed by atoms with Gasteiger partial charge in [0.1, 0.15) is 13.6 Å². The van der Waals surface area contributed by atoms with Crippen molar-refractivity contribution >= 4 is 5.71 Å². The molecule has 1 fully saturated rings. The van der Waals surface area contributed by atoms with E-state index in [1.165, 1.54) is 66.6 Å². The Labute approximate surface area is 186 Å². The summed E-state index contributed by atoms with van der Waals surface area (Å²) >= 11 is 0. The van der Waals surface area contributed by atoms with E-state index in [9.17, 15) is 0 Å². The molecule has 0 aromatic carbocycles. The van der Waals surface area contributed by atoms with Crippen molar-refractivity contribution in [1.82, 2.24) is 4.90 Å². The predicted molar refractivity (Wildman–Crippen MR) is 131 cm³/mol. The maximum atomic E-state index is 2.48. The zero-order valence-corrected chi connectivity index (χ0v) is 21.6. The quantitative estimate of drug-likeness (QED) is 0.460. The van der Waals surface area contributed by atoms with Gasteiger partial charge in [0.05, 0.1) is 5.41 Å². The Bertz CT molecular complexity index is 912. The first-order valence-electron chi connectivity index (χ1n) is 11.9. The number of hydrogen-bond acceptors (Lipinski definition) is 1. The fourth-order valence-corrected chi connectivity index (χ4v) is 6.53. The lowest BCUT2D eigenvalue weighted by Crippen LogP contribution is -2.25. The molecule has 2 heteroatoms.